The standard InChI is InChI=1S/C16H19N3O4S2.ClH/c1-11-10-19(7-6-17-11)16(21)13-9-12(4-5-14(13)20)18-25(22,23)15-3-2-8-24-15;/h2-5,8-9,11,17-18,20H,6-7,10H2,1H3;1H/t11-;/m1./s1. The van der Waals surface area contributed by atoms with E-state index in [2.05, 4.69) is 10.0 Å². The van der Waals surface area contributed by atoms with Gasteiger partial charge in [0.05, 0.1) is 5.56 Å². The van der Waals surface area contributed by atoms with Crippen LogP contribution in [0.3, 0.4) is 0 Å². The number of carbonyl (C=O) groups excluding carboxylic acids is 1. The third-order valence-electron chi connectivity index (χ3n) is 3.90. The fourth-order valence-electron chi connectivity index (χ4n) is 2.68. The monoisotopic (exact) mass is 417 g/mol. The fourth-order valence-corrected chi connectivity index (χ4v) is 4.72. The van der Waals surface area contributed by atoms with Crippen LogP contribution in [0.1, 0.15) is 17.3 Å². The van der Waals surface area contributed by atoms with Gasteiger partial charge in [-0.25, -0.2) is 8.42 Å². The van der Waals surface area contributed by atoms with Gasteiger partial charge in [0.25, 0.3) is 15.9 Å². The number of benzene rings is 1. The number of phenols is 1. The number of hydrogen-bond donors (Lipinski definition) is 3. The van der Waals surface area contributed by atoms with Crippen molar-refractivity contribution in [3.63, 3.8) is 0 Å². The molecular weight excluding hydrogens is 398 g/mol. The van der Waals surface area contributed by atoms with Crippen LogP contribution in [0.5, 0.6) is 5.75 Å². The smallest absolute Gasteiger partial charge is 0.271 e. The molecule has 2 aromatic rings. The fraction of sp³-hybridized carbons (Fsp3) is 0.312. The number of aromatic hydroxyl groups is 1. The zero-order valence-electron chi connectivity index (χ0n) is 14.0. The predicted octanol–water partition coefficient (Wildman–Crippen LogP) is 2.11. The van der Waals surface area contributed by atoms with E-state index in [1.54, 1.807) is 16.3 Å². The summed E-state index contributed by atoms with van der Waals surface area (Å²) in [5.41, 5.74) is 0.318. The number of anilines is 1. The van der Waals surface area contributed by atoms with Crippen molar-refractivity contribution in [1.82, 2.24) is 10.2 Å². The number of piperazine rings is 1. The highest BCUT2D eigenvalue weighted by atomic mass is 35.5. The molecule has 0 spiro atoms. The van der Waals surface area contributed by atoms with Crippen molar-refractivity contribution >= 4 is 45.4 Å². The van der Waals surface area contributed by atoms with E-state index in [1.165, 1.54) is 24.3 Å². The van der Waals surface area contributed by atoms with Crippen molar-refractivity contribution in [2.45, 2.75) is 17.2 Å². The van der Waals surface area contributed by atoms with Crippen molar-refractivity contribution in [2.75, 3.05) is 24.4 Å². The van der Waals surface area contributed by atoms with Gasteiger partial charge in [-0.2, -0.15) is 0 Å². The molecule has 1 atom stereocenters. The van der Waals surface area contributed by atoms with Gasteiger partial charge >= 0.3 is 0 Å². The van der Waals surface area contributed by atoms with Crippen LogP contribution in [0.2, 0.25) is 0 Å². The number of phenolic OH excluding ortho intramolecular Hbond substituents is 1. The largest absolute Gasteiger partial charge is 0.507 e. The molecule has 26 heavy (non-hydrogen) atoms. The molecule has 0 aliphatic carbocycles. The maximum atomic E-state index is 12.7. The van der Waals surface area contributed by atoms with Crippen molar-refractivity contribution < 1.29 is 18.3 Å². The van der Waals surface area contributed by atoms with Crippen LogP contribution in [0.4, 0.5) is 5.69 Å². The van der Waals surface area contributed by atoms with Crippen LogP contribution in [0.15, 0.2) is 39.9 Å². The molecular formula is C16H20ClN3O4S2. The molecule has 7 nitrogen and oxygen atoms in total. The highest BCUT2D eigenvalue weighted by Gasteiger charge is 2.24. The van der Waals surface area contributed by atoms with Gasteiger partial charge in [-0.15, -0.1) is 23.7 Å². The molecule has 1 aliphatic heterocycles. The van der Waals surface area contributed by atoms with Crippen molar-refractivity contribution in [1.29, 1.82) is 0 Å². The van der Waals surface area contributed by atoms with E-state index in [0.29, 0.717) is 19.6 Å². The van der Waals surface area contributed by atoms with Crippen LogP contribution in [0, 0.1) is 0 Å². The number of amides is 1. The lowest BCUT2D eigenvalue weighted by Gasteiger charge is -2.32. The Balaban J connectivity index is 0.00000243. The Bertz CT molecular complexity index is 872. The van der Waals surface area contributed by atoms with Crippen LogP contribution >= 0.6 is 23.7 Å². The summed E-state index contributed by atoms with van der Waals surface area (Å²) >= 11 is 1.10. The van der Waals surface area contributed by atoms with Crippen molar-refractivity contribution in [3.8, 4) is 5.75 Å². The molecule has 1 aromatic heterocycles. The lowest BCUT2D eigenvalue weighted by molar-refractivity contribution is 0.0706. The summed E-state index contributed by atoms with van der Waals surface area (Å²) in [7, 11) is -3.71. The number of sulfonamides is 1. The molecule has 142 valence electrons. The summed E-state index contributed by atoms with van der Waals surface area (Å²) in [6.07, 6.45) is 0. The highest BCUT2D eigenvalue weighted by Crippen LogP contribution is 2.26. The van der Waals surface area contributed by atoms with Crippen LogP contribution in [-0.4, -0.2) is 50.0 Å². The summed E-state index contributed by atoms with van der Waals surface area (Å²) < 4.78 is 27.2. The Kier molecular flexibility index (Phi) is 6.51. The second-order valence-electron chi connectivity index (χ2n) is 5.88. The summed E-state index contributed by atoms with van der Waals surface area (Å²) in [6.45, 7) is 3.72. The lowest BCUT2D eigenvalue weighted by atomic mass is 10.1. The quantitative estimate of drug-likeness (QED) is 0.662. The summed E-state index contributed by atoms with van der Waals surface area (Å²) in [5.74, 6) is -0.488. The van der Waals surface area contributed by atoms with E-state index in [4.69, 9.17) is 0 Å². The number of carbonyl (C=O) groups is 1. The molecule has 0 bridgehead atoms. The normalized spacial score (nSPS) is 17.4. The molecule has 1 saturated heterocycles. The summed E-state index contributed by atoms with van der Waals surface area (Å²) in [6, 6.07) is 7.44. The molecule has 10 heteroatoms. The molecule has 3 rings (SSSR count). The number of nitrogens with zero attached hydrogens (tertiary/aromatic N) is 1. The first-order valence-corrected chi connectivity index (χ1v) is 10.1. The van der Waals surface area contributed by atoms with Gasteiger partial charge in [-0.3, -0.25) is 9.52 Å². The zero-order valence-corrected chi connectivity index (χ0v) is 16.5. The van der Waals surface area contributed by atoms with E-state index in [-0.39, 0.29) is 45.6 Å². The topological polar surface area (TPSA) is 98.7 Å². The van der Waals surface area contributed by atoms with Crippen LogP contribution in [0.25, 0.3) is 0 Å². The number of nitrogens with one attached hydrogen (secondary N) is 2. The van der Waals surface area contributed by atoms with Gasteiger partial charge in [0, 0.05) is 31.4 Å². The van der Waals surface area contributed by atoms with Gasteiger partial charge in [0.2, 0.25) is 0 Å². The molecule has 1 amide bonds. The number of hydrogen-bond acceptors (Lipinski definition) is 6. The average molecular weight is 418 g/mol. The second kappa shape index (κ2) is 8.26. The molecule has 0 saturated carbocycles. The molecule has 0 unspecified atom stereocenters. The van der Waals surface area contributed by atoms with E-state index in [0.717, 1.165) is 11.3 Å². The third kappa shape index (κ3) is 4.47. The maximum Gasteiger partial charge on any atom is 0.271 e. The highest BCUT2D eigenvalue weighted by molar-refractivity contribution is 7.94. The summed E-state index contributed by atoms with van der Waals surface area (Å²) in [5, 5.41) is 15.0. The Morgan fingerprint density at radius 3 is 2.81 bits per heavy atom. The van der Waals surface area contributed by atoms with E-state index in [9.17, 15) is 18.3 Å². The first-order valence-electron chi connectivity index (χ1n) is 7.79. The van der Waals surface area contributed by atoms with Gasteiger partial charge < -0.3 is 15.3 Å². The number of halogens is 1. The van der Waals surface area contributed by atoms with Gasteiger partial charge in [-0.1, -0.05) is 6.07 Å². The van der Waals surface area contributed by atoms with Crippen molar-refractivity contribution in [2.24, 2.45) is 0 Å². The SMILES string of the molecule is C[C@@H]1CN(C(=O)c2cc(NS(=O)(=O)c3cccs3)ccc2O)CCN1.Cl. The molecule has 3 N–H and O–H groups in total. The molecule has 1 aliphatic rings. The minimum atomic E-state index is -3.71. The van der Waals surface area contributed by atoms with Crippen molar-refractivity contribution in [3.05, 3.63) is 41.3 Å². The van der Waals surface area contributed by atoms with Crippen LogP contribution in [-0.2, 0) is 10.0 Å². The first-order chi connectivity index (χ1) is 11.9. The number of thiophene rings is 1. The Hall–Kier alpha value is -1.81. The van der Waals surface area contributed by atoms with Gasteiger partial charge in [0.1, 0.15) is 9.96 Å². The predicted molar refractivity (Wildman–Crippen MR) is 104 cm³/mol. The molecule has 2 heterocycles. The Morgan fingerprint density at radius 2 is 2.15 bits per heavy atom. The lowest BCUT2D eigenvalue weighted by Crippen LogP contribution is -2.51. The van der Waals surface area contributed by atoms with E-state index in [1.807, 2.05) is 6.92 Å². The zero-order chi connectivity index (χ0) is 18.0. The molecule has 1 fully saturated rings. The Morgan fingerprint density at radius 1 is 1.38 bits per heavy atom. The van der Waals surface area contributed by atoms with Gasteiger partial charge in [0.15, 0.2) is 0 Å². The minimum Gasteiger partial charge on any atom is -0.507 e. The van der Waals surface area contributed by atoms with E-state index >= 15 is 0 Å². The average Bonchev–Trinajstić information content (AvgIpc) is 3.11. The van der Waals surface area contributed by atoms with Gasteiger partial charge in [-0.05, 0) is 36.6 Å². The van der Waals surface area contributed by atoms with Crippen LogP contribution < -0.4 is 10.0 Å². The maximum absolute atomic E-state index is 12.7. The molecule has 0 radical (unpaired) electrons. The third-order valence-corrected chi connectivity index (χ3v) is 6.67. The summed E-state index contributed by atoms with van der Waals surface area (Å²) in [4.78, 5) is 14.3. The second-order valence-corrected chi connectivity index (χ2v) is 8.73. The molecule has 1 aromatic carbocycles. The Labute approximate surface area is 162 Å². The minimum absolute atomic E-state index is 0. The van der Waals surface area contributed by atoms with E-state index < -0.39 is 10.0 Å². The first kappa shape index (κ1) is 20.5. The number of rotatable bonds is 4.